The van der Waals surface area contributed by atoms with Crippen LogP contribution in [0.4, 0.5) is 0 Å². The van der Waals surface area contributed by atoms with E-state index in [1.54, 1.807) is 0 Å². The fourth-order valence-electron chi connectivity index (χ4n) is 3.79. The van der Waals surface area contributed by atoms with Crippen molar-refractivity contribution in [1.29, 1.82) is 0 Å². The average Bonchev–Trinajstić information content (AvgIpc) is 3.23. The maximum Gasteiger partial charge on any atom is 0.225 e. The summed E-state index contributed by atoms with van der Waals surface area (Å²) in [7, 11) is 0. The fourth-order valence-corrected chi connectivity index (χ4v) is 3.79. The van der Waals surface area contributed by atoms with Gasteiger partial charge in [0.05, 0.1) is 6.54 Å². The highest BCUT2D eigenvalue weighted by molar-refractivity contribution is 5.81. The molecule has 1 saturated carbocycles. The highest BCUT2D eigenvalue weighted by Crippen LogP contribution is 2.26. The van der Waals surface area contributed by atoms with E-state index in [9.17, 15) is 4.79 Å². The summed E-state index contributed by atoms with van der Waals surface area (Å²) < 4.78 is 0. The molecule has 0 spiro atoms. The number of hydrogen-bond acceptors (Lipinski definition) is 3. The second-order valence-electron chi connectivity index (χ2n) is 8.81. The molecule has 0 bridgehead atoms. The van der Waals surface area contributed by atoms with E-state index in [1.165, 1.54) is 45.2 Å². The third kappa shape index (κ3) is 7.14. The Morgan fingerprint density at radius 3 is 2.54 bits per heavy atom. The van der Waals surface area contributed by atoms with Crippen molar-refractivity contribution in [1.82, 2.24) is 20.9 Å². The van der Waals surface area contributed by atoms with Gasteiger partial charge >= 0.3 is 0 Å². The van der Waals surface area contributed by atoms with Gasteiger partial charge in [-0.2, -0.15) is 0 Å². The van der Waals surface area contributed by atoms with Crippen molar-refractivity contribution in [3.05, 3.63) is 0 Å². The molecule has 1 aliphatic heterocycles. The predicted molar refractivity (Wildman–Crippen MR) is 108 cm³/mol. The second kappa shape index (κ2) is 10.1. The lowest BCUT2D eigenvalue weighted by Crippen LogP contribution is -2.45. The molecule has 3 N–H and O–H groups in total. The van der Waals surface area contributed by atoms with Crippen molar-refractivity contribution in [2.75, 3.05) is 39.3 Å². The number of guanidine groups is 1. The van der Waals surface area contributed by atoms with Crippen molar-refractivity contribution in [2.24, 2.45) is 16.3 Å². The molecular weight excluding hydrogens is 326 g/mol. The number of likely N-dealkylation sites (tertiary alicyclic amines) is 1. The SMILES string of the molecule is CCNC(=NCCNC(=O)C(C)(C)C)NC1CCN(CC2CCCC2)C1. The first-order valence-corrected chi connectivity index (χ1v) is 10.4. The van der Waals surface area contributed by atoms with E-state index >= 15 is 0 Å². The second-order valence-corrected chi connectivity index (χ2v) is 8.81. The van der Waals surface area contributed by atoms with E-state index in [-0.39, 0.29) is 11.3 Å². The zero-order chi connectivity index (χ0) is 19.0. The van der Waals surface area contributed by atoms with Gasteiger partial charge in [0.15, 0.2) is 5.96 Å². The van der Waals surface area contributed by atoms with Gasteiger partial charge in [-0.3, -0.25) is 9.79 Å². The zero-order valence-electron chi connectivity index (χ0n) is 17.2. The van der Waals surface area contributed by atoms with Crippen LogP contribution < -0.4 is 16.0 Å². The van der Waals surface area contributed by atoms with Crippen molar-refractivity contribution < 1.29 is 4.79 Å². The van der Waals surface area contributed by atoms with Gasteiger partial charge in [0.1, 0.15) is 0 Å². The van der Waals surface area contributed by atoms with Crippen LogP contribution in [-0.2, 0) is 4.79 Å². The number of carbonyl (C=O) groups excluding carboxylic acids is 1. The summed E-state index contributed by atoms with van der Waals surface area (Å²) in [4.78, 5) is 19.1. The quantitative estimate of drug-likeness (QED) is 0.367. The Balaban J connectivity index is 1.72. The summed E-state index contributed by atoms with van der Waals surface area (Å²) in [5, 5.41) is 9.85. The van der Waals surface area contributed by atoms with Crippen LogP contribution in [0.15, 0.2) is 4.99 Å². The molecular formula is C20H39N5O. The summed E-state index contributed by atoms with van der Waals surface area (Å²) >= 11 is 0. The minimum Gasteiger partial charge on any atom is -0.357 e. The summed E-state index contributed by atoms with van der Waals surface area (Å²) in [5.74, 6) is 1.86. The third-order valence-corrected chi connectivity index (χ3v) is 5.30. The first kappa shape index (κ1) is 21.0. The molecule has 0 aromatic carbocycles. The van der Waals surface area contributed by atoms with Gasteiger partial charge in [-0.15, -0.1) is 0 Å². The van der Waals surface area contributed by atoms with Crippen LogP contribution in [0.2, 0.25) is 0 Å². The molecule has 0 aromatic rings. The molecule has 0 radical (unpaired) electrons. The normalized spacial score (nSPS) is 22.6. The fraction of sp³-hybridized carbons (Fsp3) is 0.900. The Labute approximate surface area is 159 Å². The van der Waals surface area contributed by atoms with Gasteiger partial charge in [-0.1, -0.05) is 33.6 Å². The lowest BCUT2D eigenvalue weighted by atomic mass is 9.96. The van der Waals surface area contributed by atoms with Gasteiger partial charge in [-0.25, -0.2) is 0 Å². The average molecular weight is 366 g/mol. The summed E-state index contributed by atoms with van der Waals surface area (Å²) in [6, 6.07) is 0.471. The Hall–Kier alpha value is -1.30. The molecule has 1 atom stereocenters. The van der Waals surface area contributed by atoms with Gasteiger partial charge in [-0.05, 0) is 32.1 Å². The minimum atomic E-state index is -0.348. The Bertz CT molecular complexity index is 465. The van der Waals surface area contributed by atoms with Crippen molar-refractivity contribution in [3.8, 4) is 0 Å². The van der Waals surface area contributed by atoms with E-state index in [0.717, 1.165) is 25.0 Å². The lowest BCUT2D eigenvalue weighted by Gasteiger charge is -2.21. The maximum atomic E-state index is 11.9. The maximum absolute atomic E-state index is 11.9. The zero-order valence-corrected chi connectivity index (χ0v) is 17.2. The van der Waals surface area contributed by atoms with Crippen LogP contribution in [0.1, 0.15) is 59.8 Å². The van der Waals surface area contributed by atoms with E-state index in [4.69, 9.17) is 0 Å². The first-order chi connectivity index (χ1) is 12.4. The van der Waals surface area contributed by atoms with Gasteiger partial charge in [0.2, 0.25) is 5.91 Å². The molecule has 1 heterocycles. The smallest absolute Gasteiger partial charge is 0.225 e. The predicted octanol–water partition coefficient (Wildman–Crippen LogP) is 1.97. The number of amides is 1. The summed E-state index contributed by atoms with van der Waals surface area (Å²) in [6.07, 6.45) is 6.85. The Morgan fingerprint density at radius 1 is 1.15 bits per heavy atom. The van der Waals surface area contributed by atoms with Crippen molar-refractivity contribution in [3.63, 3.8) is 0 Å². The molecule has 1 aliphatic carbocycles. The molecule has 2 fully saturated rings. The number of aliphatic imine (C=N–C) groups is 1. The van der Waals surface area contributed by atoms with Crippen LogP contribution in [0.3, 0.4) is 0 Å². The van der Waals surface area contributed by atoms with Gasteiger partial charge < -0.3 is 20.9 Å². The highest BCUT2D eigenvalue weighted by Gasteiger charge is 2.26. The lowest BCUT2D eigenvalue weighted by molar-refractivity contribution is -0.128. The molecule has 1 unspecified atom stereocenters. The third-order valence-electron chi connectivity index (χ3n) is 5.30. The molecule has 26 heavy (non-hydrogen) atoms. The number of nitrogens with one attached hydrogen (secondary N) is 3. The van der Waals surface area contributed by atoms with E-state index < -0.39 is 0 Å². The van der Waals surface area contributed by atoms with Crippen molar-refractivity contribution >= 4 is 11.9 Å². The molecule has 2 aliphatic rings. The topological polar surface area (TPSA) is 68.8 Å². The number of hydrogen-bond donors (Lipinski definition) is 3. The molecule has 0 aromatic heterocycles. The number of carbonyl (C=O) groups is 1. The van der Waals surface area contributed by atoms with E-state index in [2.05, 4.69) is 32.8 Å². The van der Waals surface area contributed by atoms with Crippen LogP contribution in [0.25, 0.3) is 0 Å². The standard InChI is InChI=1S/C20H39N5O/c1-5-21-19(23-12-11-22-18(26)20(2,3)4)24-17-10-13-25(15-17)14-16-8-6-7-9-16/h16-17H,5-15H2,1-4H3,(H,22,26)(H2,21,23,24). The van der Waals surface area contributed by atoms with Crippen molar-refractivity contribution in [2.45, 2.75) is 65.8 Å². The number of rotatable bonds is 7. The molecule has 6 heteroatoms. The van der Waals surface area contributed by atoms with Crippen LogP contribution in [0.5, 0.6) is 0 Å². The minimum absolute atomic E-state index is 0.0732. The monoisotopic (exact) mass is 365 g/mol. The highest BCUT2D eigenvalue weighted by atomic mass is 16.2. The molecule has 6 nitrogen and oxygen atoms in total. The Morgan fingerprint density at radius 2 is 1.88 bits per heavy atom. The summed E-state index contributed by atoms with van der Waals surface area (Å²) in [6.45, 7) is 13.4. The molecule has 1 amide bonds. The van der Waals surface area contributed by atoms with E-state index in [1.807, 2.05) is 20.8 Å². The molecule has 1 saturated heterocycles. The summed E-state index contributed by atoms with van der Waals surface area (Å²) in [5.41, 5.74) is -0.348. The van der Waals surface area contributed by atoms with Crippen LogP contribution >= 0.6 is 0 Å². The van der Waals surface area contributed by atoms with Crippen LogP contribution in [0, 0.1) is 11.3 Å². The number of nitrogens with zero attached hydrogens (tertiary/aromatic N) is 2. The molecule has 2 rings (SSSR count). The van der Waals surface area contributed by atoms with E-state index in [0.29, 0.717) is 19.1 Å². The first-order valence-electron chi connectivity index (χ1n) is 10.4. The Kier molecular flexibility index (Phi) is 8.19. The van der Waals surface area contributed by atoms with Gasteiger partial charge in [0.25, 0.3) is 0 Å². The molecule has 150 valence electrons. The largest absolute Gasteiger partial charge is 0.357 e. The van der Waals surface area contributed by atoms with Crippen LogP contribution in [-0.4, -0.2) is 62.1 Å². The van der Waals surface area contributed by atoms with Gasteiger partial charge in [0, 0.05) is 44.2 Å².